The van der Waals surface area contributed by atoms with Gasteiger partial charge in [-0.05, 0) is 48.7 Å². The number of anilines is 1. The highest BCUT2D eigenvalue weighted by Gasteiger charge is 2.31. The number of nitrogens with one attached hydrogen (secondary N) is 1. The van der Waals surface area contributed by atoms with Crippen LogP contribution in [-0.4, -0.2) is 31.7 Å². The van der Waals surface area contributed by atoms with E-state index in [9.17, 15) is 4.79 Å². The molecule has 7 heteroatoms. The predicted octanol–water partition coefficient (Wildman–Crippen LogP) is 4.43. The summed E-state index contributed by atoms with van der Waals surface area (Å²) in [5.74, 6) is 2.80. The van der Waals surface area contributed by atoms with Crippen molar-refractivity contribution in [2.45, 2.75) is 32.4 Å². The minimum Gasteiger partial charge on any atom is -0.454 e. The lowest BCUT2D eigenvalue weighted by Gasteiger charge is -2.32. The van der Waals surface area contributed by atoms with E-state index in [0.717, 1.165) is 58.6 Å². The Morgan fingerprint density at radius 1 is 1.06 bits per heavy atom. The minimum atomic E-state index is 0.120. The number of H-pyrrole nitrogens is 1. The molecular weight excluding hydrogens is 426 g/mol. The molecule has 0 radical (unpaired) electrons. The molecule has 0 atom stereocenters. The van der Waals surface area contributed by atoms with Gasteiger partial charge in [0.2, 0.25) is 12.7 Å². The fraction of sp³-hybridized carbons (Fsp3) is 0.360. The Morgan fingerprint density at radius 3 is 2.62 bits per heavy atom. The van der Waals surface area contributed by atoms with Gasteiger partial charge in [-0.3, -0.25) is 9.69 Å². The number of hydrogen-bond acceptors (Lipinski definition) is 4. The standard InChI is InChI=1S/C25H26ClN3O3/c1-28(2)24-19(11-18-7-8-20(26)12-21(18)27-24)14-29(25(30)17-4-3-5-17)13-16-6-9-22-23(10-16)32-15-31-22/h6-12,17H,3-5,13-15H2,1-2H3/p+1. The highest BCUT2D eigenvalue weighted by molar-refractivity contribution is 6.31. The Morgan fingerprint density at radius 2 is 1.88 bits per heavy atom. The molecule has 1 N–H and O–H groups in total. The third-order valence-corrected chi connectivity index (χ3v) is 6.52. The Hall–Kier alpha value is -2.99. The van der Waals surface area contributed by atoms with Crippen LogP contribution in [0.15, 0.2) is 42.5 Å². The van der Waals surface area contributed by atoms with Crippen LogP contribution in [-0.2, 0) is 17.9 Å². The third-order valence-electron chi connectivity index (χ3n) is 6.29. The van der Waals surface area contributed by atoms with E-state index < -0.39 is 0 Å². The van der Waals surface area contributed by atoms with E-state index in [1.165, 1.54) is 0 Å². The van der Waals surface area contributed by atoms with Crippen LogP contribution >= 0.6 is 11.6 Å². The van der Waals surface area contributed by atoms with Crippen molar-refractivity contribution in [3.8, 4) is 11.5 Å². The van der Waals surface area contributed by atoms with Crippen molar-refractivity contribution < 1.29 is 19.3 Å². The molecule has 0 spiro atoms. The van der Waals surface area contributed by atoms with Crippen molar-refractivity contribution in [3.63, 3.8) is 0 Å². The van der Waals surface area contributed by atoms with E-state index in [-0.39, 0.29) is 18.6 Å². The third kappa shape index (κ3) is 4.07. The molecule has 2 aliphatic rings. The molecule has 2 heterocycles. The van der Waals surface area contributed by atoms with Gasteiger partial charge in [-0.15, -0.1) is 0 Å². The normalized spacial score (nSPS) is 15.0. The first-order valence-corrected chi connectivity index (χ1v) is 11.3. The van der Waals surface area contributed by atoms with Gasteiger partial charge in [0, 0.05) is 28.9 Å². The van der Waals surface area contributed by atoms with E-state index >= 15 is 0 Å². The van der Waals surface area contributed by atoms with Crippen molar-refractivity contribution in [2.75, 3.05) is 25.8 Å². The smallest absolute Gasteiger partial charge is 0.279 e. The second kappa shape index (κ2) is 8.51. The van der Waals surface area contributed by atoms with Gasteiger partial charge >= 0.3 is 0 Å². The van der Waals surface area contributed by atoms with Crippen LogP contribution < -0.4 is 19.4 Å². The number of nitrogens with zero attached hydrogens (tertiary/aromatic N) is 2. The molecule has 1 saturated carbocycles. The number of aromatic amines is 1. The highest BCUT2D eigenvalue weighted by atomic mass is 35.5. The molecule has 2 aromatic carbocycles. The number of amides is 1. The van der Waals surface area contributed by atoms with Crippen LogP contribution in [0, 0.1) is 5.92 Å². The van der Waals surface area contributed by atoms with Crippen molar-refractivity contribution in [1.82, 2.24) is 4.90 Å². The summed E-state index contributed by atoms with van der Waals surface area (Å²) in [4.78, 5) is 20.9. The van der Waals surface area contributed by atoms with E-state index in [2.05, 4.69) is 11.1 Å². The lowest BCUT2D eigenvalue weighted by Crippen LogP contribution is -2.38. The first kappa shape index (κ1) is 20.9. The molecule has 0 unspecified atom stereocenters. The van der Waals surface area contributed by atoms with Crippen LogP contribution in [0.5, 0.6) is 11.5 Å². The number of carbonyl (C=O) groups excluding carboxylic acids is 1. The molecule has 1 fully saturated rings. The first-order chi connectivity index (χ1) is 15.5. The van der Waals surface area contributed by atoms with Crippen LogP contribution in [0.3, 0.4) is 0 Å². The summed E-state index contributed by atoms with van der Waals surface area (Å²) in [6, 6.07) is 13.9. The summed E-state index contributed by atoms with van der Waals surface area (Å²) in [6.45, 7) is 1.29. The average Bonchev–Trinajstić information content (AvgIpc) is 3.19. The van der Waals surface area contributed by atoms with Crippen molar-refractivity contribution in [1.29, 1.82) is 0 Å². The lowest BCUT2D eigenvalue weighted by atomic mass is 9.84. The molecule has 3 aromatic rings. The zero-order valence-electron chi connectivity index (χ0n) is 18.4. The summed E-state index contributed by atoms with van der Waals surface area (Å²) in [7, 11) is 4.00. The SMILES string of the molecule is CN(C)c1[nH+]c2cc(Cl)ccc2cc1CN(Cc1ccc2c(c1)OCO2)C(=O)C1CCC1. The number of carbonyl (C=O) groups is 1. The fourth-order valence-corrected chi connectivity index (χ4v) is 4.51. The molecule has 1 aromatic heterocycles. The molecule has 1 aliphatic carbocycles. The van der Waals surface area contributed by atoms with Gasteiger partial charge in [-0.25, -0.2) is 4.98 Å². The summed E-state index contributed by atoms with van der Waals surface area (Å²) in [5, 5.41) is 1.75. The number of ether oxygens (including phenoxy) is 2. The molecule has 0 bridgehead atoms. The molecule has 166 valence electrons. The number of benzene rings is 2. The van der Waals surface area contributed by atoms with Gasteiger partial charge in [-0.1, -0.05) is 24.1 Å². The van der Waals surface area contributed by atoms with Gasteiger partial charge in [0.15, 0.2) is 11.5 Å². The quantitative estimate of drug-likeness (QED) is 0.555. The van der Waals surface area contributed by atoms with Gasteiger partial charge < -0.3 is 14.4 Å². The van der Waals surface area contributed by atoms with Gasteiger partial charge in [-0.2, -0.15) is 0 Å². The zero-order valence-corrected chi connectivity index (χ0v) is 19.1. The van der Waals surface area contributed by atoms with E-state index in [4.69, 9.17) is 21.1 Å². The number of hydrogen-bond donors (Lipinski definition) is 0. The van der Waals surface area contributed by atoms with Gasteiger partial charge in [0.1, 0.15) is 5.52 Å². The Kier molecular flexibility index (Phi) is 5.55. The second-order valence-electron chi connectivity index (χ2n) is 8.78. The Balaban J connectivity index is 1.49. The molecule has 32 heavy (non-hydrogen) atoms. The average molecular weight is 453 g/mol. The fourth-order valence-electron chi connectivity index (χ4n) is 4.34. The molecule has 1 amide bonds. The lowest BCUT2D eigenvalue weighted by molar-refractivity contribution is -0.330. The monoisotopic (exact) mass is 452 g/mol. The van der Waals surface area contributed by atoms with E-state index in [1.807, 2.05) is 60.3 Å². The summed E-state index contributed by atoms with van der Waals surface area (Å²) in [6.07, 6.45) is 3.07. The van der Waals surface area contributed by atoms with Crippen molar-refractivity contribution >= 4 is 34.2 Å². The zero-order chi connectivity index (χ0) is 22.2. The number of rotatable bonds is 6. The van der Waals surface area contributed by atoms with Gasteiger partial charge in [0.05, 0.1) is 26.2 Å². The van der Waals surface area contributed by atoms with Crippen molar-refractivity contribution in [2.24, 2.45) is 5.92 Å². The van der Waals surface area contributed by atoms with Crippen LogP contribution in [0.25, 0.3) is 10.9 Å². The van der Waals surface area contributed by atoms with E-state index in [0.29, 0.717) is 18.1 Å². The van der Waals surface area contributed by atoms with Gasteiger partial charge in [0.25, 0.3) is 5.82 Å². The molecule has 1 aliphatic heterocycles. The number of aromatic nitrogens is 1. The van der Waals surface area contributed by atoms with Crippen LogP contribution in [0.4, 0.5) is 5.82 Å². The molecule has 5 rings (SSSR count). The number of pyridine rings is 1. The van der Waals surface area contributed by atoms with Crippen LogP contribution in [0.1, 0.15) is 30.4 Å². The molecule has 0 saturated heterocycles. The maximum absolute atomic E-state index is 13.4. The highest BCUT2D eigenvalue weighted by Crippen LogP contribution is 2.34. The summed E-state index contributed by atoms with van der Waals surface area (Å²) >= 11 is 6.20. The Labute approximate surface area is 192 Å². The predicted molar refractivity (Wildman–Crippen MR) is 124 cm³/mol. The summed E-state index contributed by atoms with van der Waals surface area (Å²) < 4.78 is 11.0. The largest absolute Gasteiger partial charge is 0.454 e. The van der Waals surface area contributed by atoms with E-state index in [1.54, 1.807) is 0 Å². The summed E-state index contributed by atoms with van der Waals surface area (Å²) in [5.41, 5.74) is 3.07. The second-order valence-corrected chi connectivity index (χ2v) is 9.22. The topological polar surface area (TPSA) is 56.2 Å². The number of halogens is 1. The maximum Gasteiger partial charge on any atom is 0.279 e. The van der Waals surface area contributed by atoms with Crippen molar-refractivity contribution in [3.05, 3.63) is 58.6 Å². The minimum absolute atomic E-state index is 0.120. The first-order valence-electron chi connectivity index (χ1n) is 11.0. The Bertz CT molecular complexity index is 1180. The maximum atomic E-state index is 13.4. The number of fused-ring (bicyclic) bond motifs is 2. The molecule has 6 nitrogen and oxygen atoms in total. The van der Waals surface area contributed by atoms with Crippen LogP contribution in [0.2, 0.25) is 5.02 Å². The molecular formula is C25H27ClN3O3+.